The monoisotopic (exact) mass is 386 g/mol. The molecule has 3 aromatic rings. The fourth-order valence-electron chi connectivity index (χ4n) is 3.66. The van der Waals surface area contributed by atoms with Gasteiger partial charge in [-0.15, -0.1) is 0 Å². The Morgan fingerprint density at radius 3 is 2.89 bits per heavy atom. The molecule has 1 unspecified atom stereocenters. The summed E-state index contributed by atoms with van der Waals surface area (Å²) in [5.74, 6) is -0.172. The summed E-state index contributed by atoms with van der Waals surface area (Å²) in [4.78, 5) is 23.0. The summed E-state index contributed by atoms with van der Waals surface area (Å²) in [6, 6.07) is 9.31. The molecule has 3 heterocycles. The Balaban J connectivity index is 1.56. The van der Waals surface area contributed by atoms with Crippen LogP contribution >= 0.6 is 11.6 Å². The second-order valence-electron chi connectivity index (χ2n) is 6.85. The first-order valence-corrected chi connectivity index (χ1v) is 9.46. The molecule has 1 aliphatic heterocycles. The molecule has 5 nitrogen and oxygen atoms in total. The van der Waals surface area contributed by atoms with Crippen molar-refractivity contribution in [3.05, 3.63) is 59.3 Å². The van der Waals surface area contributed by atoms with Crippen LogP contribution in [0.25, 0.3) is 10.9 Å². The van der Waals surface area contributed by atoms with E-state index in [9.17, 15) is 9.18 Å². The highest BCUT2D eigenvalue weighted by molar-refractivity contribution is 6.30. The van der Waals surface area contributed by atoms with Crippen molar-refractivity contribution >= 4 is 28.3 Å². The van der Waals surface area contributed by atoms with Crippen LogP contribution in [0.2, 0.25) is 5.15 Å². The van der Waals surface area contributed by atoms with E-state index in [1.807, 2.05) is 30.5 Å². The third-order valence-electron chi connectivity index (χ3n) is 4.99. The number of nitrogens with zero attached hydrogens (tertiary/aromatic N) is 4. The van der Waals surface area contributed by atoms with Crippen molar-refractivity contribution in [1.29, 1.82) is 0 Å². The Morgan fingerprint density at radius 2 is 2.11 bits per heavy atom. The molecule has 1 fully saturated rings. The molecule has 27 heavy (non-hydrogen) atoms. The van der Waals surface area contributed by atoms with Crippen LogP contribution in [0.1, 0.15) is 28.9 Å². The maximum absolute atomic E-state index is 13.3. The number of aromatic nitrogens is 3. The highest BCUT2D eigenvalue weighted by atomic mass is 35.5. The molecule has 0 N–H and O–H groups in total. The average Bonchev–Trinajstić information content (AvgIpc) is 3.25. The zero-order valence-electron chi connectivity index (χ0n) is 14.8. The van der Waals surface area contributed by atoms with Gasteiger partial charge in [0.05, 0.1) is 0 Å². The van der Waals surface area contributed by atoms with Gasteiger partial charge in [0.2, 0.25) is 5.78 Å². The van der Waals surface area contributed by atoms with E-state index in [4.69, 9.17) is 11.6 Å². The summed E-state index contributed by atoms with van der Waals surface area (Å²) < 4.78 is 15.4. The van der Waals surface area contributed by atoms with E-state index in [-0.39, 0.29) is 16.6 Å². The first-order chi connectivity index (χ1) is 13.1. The van der Waals surface area contributed by atoms with Gasteiger partial charge in [-0.05, 0) is 25.5 Å². The Labute approximate surface area is 161 Å². The van der Waals surface area contributed by atoms with E-state index in [1.54, 1.807) is 0 Å². The number of alkyl halides is 1. The summed E-state index contributed by atoms with van der Waals surface area (Å²) in [5, 5.41) is 1.14. The summed E-state index contributed by atoms with van der Waals surface area (Å²) in [7, 11) is 0. The molecule has 0 bridgehead atoms. The lowest BCUT2D eigenvalue weighted by Crippen LogP contribution is -2.23. The van der Waals surface area contributed by atoms with Crippen LogP contribution in [0.5, 0.6) is 0 Å². The van der Waals surface area contributed by atoms with Gasteiger partial charge < -0.3 is 9.47 Å². The molecule has 1 aromatic carbocycles. The Morgan fingerprint density at radius 1 is 1.26 bits per heavy atom. The van der Waals surface area contributed by atoms with Gasteiger partial charge in [0.1, 0.15) is 23.3 Å². The number of likely N-dealkylation sites (tertiary alicyclic amines) is 1. The number of benzene rings is 1. The lowest BCUT2D eigenvalue weighted by molar-refractivity contribution is 0.103. The second-order valence-corrected chi connectivity index (χ2v) is 7.24. The first kappa shape index (κ1) is 18.1. The van der Waals surface area contributed by atoms with Gasteiger partial charge >= 0.3 is 0 Å². The van der Waals surface area contributed by atoms with E-state index < -0.39 is 6.17 Å². The van der Waals surface area contributed by atoms with Crippen molar-refractivity contribution in [2.24, 2.45) is 0 Å². The van der Waals surface area contributed by atoms with Gasteiger partial charge in [-0.1, -0.05) is 29.8 Å². The third-order valence-corrected chi connectivity index (χ3v) is 5.19. The fraction of sp³-hybridized carbons (Fsp3) is 0.350. The molecular formula is C20H20ClFN4O. The molecular weight excluding hydrogens is 367 g/mol. The maximum Gasteiger partial charge on any atom is 0.213 e. The molecule has 7 heteroatoms. The molecule has 0 aliphatic carbocycles. The number of fused-ring (bicyclic) bond motifs is 1. The van der Waals surface area contributed by atoms with Crippen LogP contribution in [0.4, 0.5) is 4.39 Å². The number of para-hydroxylation sites is 1. The van der Waals surface area contributed by atoms with Gasteiger partial charge in [0.15, 0.2) is 0 Å². The molecule has 1 aliphatic rings. The molecule has 0 radical (unpaired) electrons. The van der Waals surface area contributed by atoms with Crippen LogP contribution in [0, 0.1) is 0 Å². The summed E-state index contributed by atoms with van der Waals surface area (Å²) in [5.41, 5.74) is 1.89. The standard InChI is InChI=1S/C20H20ClFN4O/c21-19-10-17(23-13-24-19)20(27)16-12-26(18-5-2-1-4-15(16)18)8-3-7-25-9-6-14(22)11-25/h1-2,4-5,10,12-14H,3,6-9,11H2. The molecule has 4 rings (SSSR count). The van der Waals surface area contributed by atoms with Crippen LogP contribution in [0.3, 0.4) is 0 Å². The normalized spacial score (nSPS) is 17.6. The lowest BCUT2D eigenvalue weighted by atomic mass is 10.1. The number of hydrogen-bond donors (Lipinski definition) is 0. The van der Waals surface area contributed by atoms with Crippen LogP contribution in [-0.4, -0.2) is 51.0 Å². The Kier molecular flexibility index (Phi) is 5.18. The number of carbonyl (C=O) groups excluding carboxylic acids is 1. The first-order valence-electron chi connectivity index (χ1n) is 9.08. The van der Waals surface area contributed by atoms with Crippen molar-refractivity contribution in [2.75, 3.05) is 19.6 Å². The molecule has 0 amide bonds. The van der Waals surface area contributed by atoms with Gasteiger partial charge in [0.25, 0.3) is 0 Å². The third kappa shape index (κ3) is 3.87. The van der Waals surface area contributed by atoms with Gasteiger partial charge in [-0.25, -0.2) is 14.4 Å². The molecule has 1 saturated heterocycles. The molecule has 0 spiro atoms. The fourth-order valence-corrected chi connectivity index (χ4v) is 3.81. The minimum Gasteiger partial charge on any atom is -0.347 e. The minimum absolute atomic E-state index is 0.172. The van der Waals surface area contributed by atoms with Crippen molar-refractivity contribution in [3.8, 4) is 0 Å². The SMILES string of the molecule is O=C(c1cc(Cl)ncn1)c1cn(CCCN2CCC(F)C2)c2ccccc12. The number of rotatable bonds is 6. The smallest absolute Gasteiger partial charge is 0.213 e. The topological polar surface area (TPSA) is 51.0 Å². The summed E-state index contributed by atoms with van der Waals surface area (Å²) >= 11 is 5.90. The summed E-state index contributed by atoms with van der Waals surface area (Å²) in [6.45, 7) is 2.99. The predicted molar refractivity (Wildman–Crippen MR) is 103 cm³/mol. The van der Waals surface area contributed by atoms with Crippen LogP contribution in [-0.2, 0) is 6.54 Å². The predicted octanol–water partition coefficient (Wildman–Crippen LogP) is 3.75. The zero-order chi connectivity index (χ0) is 18.8. The van der Waals surface area contributed by atoms with E-state index >= 15 is 0 Å². The number of aryl methyl sites for hydroxylation is 1. The Hall–Kier alpha value is -2.31. The lowest BCUT2D eigenvalue weighted by Gasteiger charge is -2.14. The zero-order valence-corrected chi connectivity index (χ0v) is 15.6. The molecule has 0 saturated carbocycles. The number of halogens is 2. The number of carbonyl (C=O) groups is 1. The van der Waals surface area contributed by atoms with E-state index in [1.165, 1.54) is 12.4 Å². The van der Waals surface area contributed by atoms with Gasteiger partial charge in [0, 0.05) is 48.4 Å². The van der Waals surface area contributed by atoms with Crippen LogP contribution in [0.15, 0.2) is 42.9 Å². The highest BCUT2D eigenvalue weighted by Crippen LogP contribution is 2.24. The van der Waals surface area contributed by atoms with Crippen molar-refractivity contribution in [3.63, 3.8) is 0 Å². The second kappa shape index (κ2) is 7.74. The van der Waals surface area contributed by atoms with Gasteiger partial charge in [-0.3, -0.25) is 4.79 Å². The van der Waals surface area contributed by atoms with Crippen LogP contribution < -0.4 is 0 Å². The van der Waals surface area contributed by atoms with Crippen molar-refractivity contribution in [1.82, 2.24) is 19.4 Å². The molecule has 1 atom stereocenters. The van der Waals surface area contributed by atoms with E-state index in [0.29, 0.717) is 18.5 Å². The summed E-state index contributed by atoms with van der Waals surface area (Å²) in [6.07, 6.45) is 4.01. The quantitative estimate of drug-likeness (QED) is 0.478. The Bertz CT molecular complexity index is 974. The maximum atomic E-state index is 13.3. The molecule has 2 aromatic heterocycles. The molecule has 140 valence electrons. The average molecular weight is 387 g/mol. The van der Waals surface area contributed by atoms with Crippen molar-refractivity contribution < 1.29 is 9.18 Å². The minimum atomic E-state index is -0.693. The number of hydrogen-bond acceptors (Lipinski definition) is 4. The van der Waals surface area contributed by atoms with Crippen molar-refractivity contribution in [2.45, 2.75) is 25.6 Å². The highest BCUT2D eigenvalue weighted by Gasteiger charge is 2.21. The van der Waals surface area contributed by atoms with E-state index in [0.717, 1.165) is 37.0 Å². The number of ketones is 1. The van der Waals surface area contributed by atoms with E-state index in [2.05, 4.69) is 19.4 Å². The van der Waals surface area contributed by atoms with Gasteiger partial charge in [-0.2, -0.15) is 0 Å². The largest absolute Gasteiger partial charge is 0.347 e.